The number of aryl methyl sites for hydroxylation is 3. The summed E-state index contributed by atoms with van der Waals surface area (Å²) < 4.78 is 29.0. The van der Waals surface area contributed by atoms with Crippen molar-refractivity contribution in [3.05, 3.63) is 55.9 Å². The van der Waals surface area contributed by atoms with Gasteiger partial charge in [-0.1, -0.05) is 17.7 Å². The first-order valence-corrected chi connectivity index (χ1v) is 9.65. The lowest BCUT2D eigenvalue weighted by atomic mass is 10.2. The van der Waals surface area contributed by atoms with E-state index in [1.54, 1.807) is 24.4 Å². The summed E-state index contributed by atoms with van der Waals surface area (Å²) in [6.07, 6.45) is 1.58. The highest BCUT2D eigenvalue weighted by atomic mass is 35.5. The Labute approximate surface area is 147 Å². The Bertz CT molecular complexity index is 1120. The zero-order valence-corrected chi connectivity index (χ0v) is 15.5. The average molecular weight is 384 g/mol. The monoisotopic (exact) mass is 383 g/mol. The van der Waals surface area contributed by atoms with Crippen molar-refractivity contribution in [2.75, 3.05) is 4.72 Å². The number of hydrogen-bond donors (Lipinski definition) is 1. The fourth-order valence-corrected chi connectivity index (χ4v) is 4.88. The first-order chi connectivity index (χ1) is 11.2. The normalized spacial score (nSPS) is 11.8. The zero-order valence-electron chi connectivity index (χ0n) is 13.1. The molecule has 3 rings (SSSR count). The van der Waals surface area contributed by atoms with E-state index in [9.17, 15) is 13.2 Å². The highest BCUT2D eigenvalue weighted by Crippen LogP contribution is 2.26. The van der Waals surface area contributed by atoms with Gasteiger partial charge in [0.1, 0.15) is 0 Å². The fraction of sp³-hybridized carbons (Fsp3) is 0.200. The molecule has 0 saturated heterocycles. The Morgan fingerprint density at radius 3 is 2.62 bits per heavy atom. The van der Waals surface area contributed by atoms with Gasteiger partial charge in [-0.15, -0.1) is 11.3 Å². The third kappa shape index (κ3) is 2.92. The van der Waals surface area contributed by atoms with E-state index >= 15 is 0 Å². The predicted molar refractivity (Wildman–Crippen MR) is 95.8 cm³/mol. The molecule has 1 aromatic carbocycles. The molecule has 0 bridgehead atoms. The number of nitrogens with zero attached hydrogens (tertiary/aromatic N) is 2. The molecule has 0 unspecified atom stereocenters. The predicted octanol–water partition coefficient (Wildman–Crippen LogP) is 3.14. The number of halogens is 1. The Kier molecular flexibility index (Phi) is 4.15. The summed E-state index contributed by atoms with van der Waals surface area (Å²) >= 11 is 7.40. The maximum Gasteiger partial charge on any atom is 0.279 e. The van der Waals surface area contributed by atoms with Gasteiger partial charge < -0.3 is 0 Å². The van der Waals surface area contributed by atoms with Crippen LogP contribution in [0.15, 0.2) is 34.1 Å². The summed E-state index contributed by atoms with van der Waals surface area (Å²) in [4.78, 5) is 17.8. The lowest BCUT2D eigenvalue weighted by Gasteiger charge is -2.11. The van der Waals surface area contributed by atoms with Crippen LogP contribution >= 0.6 is 22.9 Å². The van der Waals surface area contributed by atoms with Gasteiger partial charge in [0.25, 0.3) is 15.6 Å². The molecule has 0 radical (unpaired) electrons. The molecule has 126 valence electrons. The molecule has 2 heterocycles. The van der Waals surface area contributed by atoms with Crippen molar-refractivity contribution in [1.82, 2.24) is 9.38 Å². The van der Waals surface area contributed by atoms with Gasteiger partial charge in [0.05, 0.1) is 16.4 Å². The van der Waals surface area contributed by atoms with Crippen LogP contribution in [0.2, 0.25) is 5.02 Å². The van der Waals surface area contributed by atoms with E-state index in [-0.39, 0.29) is 21.3 Å². The first-order valence-electron chi connectivity index (χ1n) is 6.97. The number of thiazole rings is 1. The highest BCUT2D eigenvalue weighted by molar-refractivity contribution is 7.92. The van der Waals surface area contributed by atoms with Crippen molar-refractivity contribution < 1.29 is 8.42 Å². The molecule has 2 aromatic heterocycles. The quantitative estimate of drug-likeness (QED) is 0.753. The lowest BCUT2D eigenvalue weighted by Crippen LogP contribution is -2.27. The minimum absolute atomic E-state index is 0.151. The van der Waals surface area contributed by atoms with Gasteiger partial charge in [-0.25, -0.2) is 13.4 Å². The van der Waals surface area contributed by atoms with Crippen molar-refractivity contribution >= 4 is 43.6 Å². The largest absolute Gasteiger partial charge is 0.279 e. The van der Waals surface area contributed by atoms with Crippen molar-refractivity contribution in [3.63, 3.8) is 0 Å². The first kappa shape index (κ1) is 16.9. The highest BCUT2D eigenvalue weighted by Gasteiger charge is 2.25. The van der Waals surface area contributed by atoms with E-state index in [1.165, 1.54) is 22.7 Å². The Morgan fingerprint density at radius 2 is 1.96 bits per heavy atom. The molecule has 0 fully saturated rings. The molecule has 0 spiro atoms. The number of aromatic nitrogens is 2. The van der Waals surface area contributed by atoms with Crippen LogP contribution in [-0.4, -0.2) is 17.8 Å². The molecular formula is C15H14ClN3O3S2. The van der Waals surface area contributed by atoms with Crippen LogP contribution < -0.4 is 10.3 Å². The summed E-state index contributed by atoms with van der Waals surface area (Å²) in [5.41, 5.74) is 0.638. The summed E-state index contributed by atoms with van der Waals surface area (Å²) in [7, 11) is -4.12. The number of anilines is 1. The molecule has 3 aromatic rings. The molecule has 0 aliphatic heterocycles. The second-order valence-corrected chi connectivity index (χ2v) is 8.65. The summed E-state index contributed by atoms with van der Waals surface area (Å²) in [5, 5.41) is 0.261. The van der Waals surface area contributed by atoms with Crippen molar-refractivity contribution in [2.24, 2.45) is 0 Å². The van der Waals surface area contributed by atoms with E-state index < -0.39 is 15.6 Å². The van der Waals surface area contributed by atoms with Gasteiger partial charge in [0, 0.05) is 11.1 Å². The zero-order chi connectivity index (χ0) is 17.6. The molecule has 0 aliphatic carbocycles. The van der Waals surface area contributed by atoms with Crippen molar-refractivity contribution in [2.45, 2.75) is 25.7 Å². The molecule has 9 heteroatoms. The number of nitrogens with one attached hydrogen (secondary N) is 1. The van der Waals surface area contributed by atoms with Gasteiger partial charge in [-0.3, -0.25) is 13.9 Å². The summed E-state index contributed by atoms with van der Waals surface area (Å²) in [5.74, 6) is 0. The maximum atomic E-state index is 12.7. The topological polar surface area (TPSA) is 80.5 Å². The third-order valence-electron chi connectivity index (χ3n) is 3.41. The van der Waals surface area contributed by atoms with Crippen LogP contribution in [0.5, 0.6) is 0 Å². The van der Waals surface area contributed by atoms with Crippen LogP contribution in [0, 0.1) is 20.8 Å². The number of hydrogen-bond acceptors (Lipinski definition) is 5. The number of benzene rings is 1. The number of rotatable bonds is 3. The number of fused-ring (bicyclic) bond motifs is 1. The van der Waals surface area contributed by atoms with Gasteiger partial charge >= 0.3 is 0 Å². The van der Waals surface area contributed by atoms with Crippen LogP contribution in [0.3, 0.4) is 0 Å². The van der Waals surface area contributed by atoms with E-state index in [4.69, 9.17) is 11.6 Å². The van der Waals surface area contributed by atoms with Crippen LogP contribution in [-0.2, 0) is 10.0 Å². The summed E-state index contributed by atoms with van der Waals surface area (Å²) in [6.45, 7) is 5.17. The molecule has 6 nitrogen and oxygen atoms in total. The second kappa shape index (κ2) is 5.87. The minimum Gasteiger partial charge on any atom is -0.278 e. The molecule has 0 aliphatic rings. The van der Waals surface area contributed by atoms with E-state index in [0.717, 1.165) is 10.4 Å². The molecular weight excluding hydrogens is 370 g/mol. The maximum absolute atomic E-state index is 12.7. The Morgan fingerprint density at radius 1 is 1.25 bits per heavy atom. The molecule has 0 amide bonds. The van der Waals surface area contributed by atoms with E-state index in [0.29, 0.717) is 4.96 Å². The average Bonchev–Trinajstić information content (AvgIpc) is 2.82. The molecule has 0 atom stereocenters. The van der Waals surface area contributed by atoms with Gasteiger partial charge in [0.15, 0.2) is 9.86 Å². The van der Waals surface area contributed by atoms with Gasteiger partial charge in [0.2, 0.25) is 0 Å². The van der Waals surface area contributed by atoms with Gasteiger partial charge in [-0.05, 0) is 38.5 Å². The van der Waals surface area contributed by atoms with Gasteiger partial charge in [-0.2, -0.15) is 0 Å². The lowest BCUT2D eigenvalue weighted by molar-refractivity contribution is 0.598. The van der Waals surface area contributed by atoms with E-state index in [1.807, 2.05) is 13.8 Å². The van der Waals surface area contributed by atoms with Crippen molar-refractivity contribution in [1.29, 1.82) is 0 Å². The van der Waals surface area contributed by atoms with E-state index in [2.05, 4.69) is 9.71 Å². The van der Waals surface area contributed by atoms with Crippen LogP contribution in [0.1, 0.15) is 16.1 Å². The smallest absolute Gasteiger partial charge is 0.278 e. The fourth-order valence-electron chi connectivity index (χ4n) is 2.35. The van der Waals surface area contributed by atoms with Crippen molar-refractivity contribution in [3.8, 4) is 0 Å². The molecule has 0 saturated carbocycles. The standard InChI is InChI=1S/C15H14ClN3O3S2/c1-8-4-5-12(11(16)6-8)18-24(21,22)13-10(3)17-15-19(14(13)20)7-9(2)23-15/h4-7,18H,1-3H3. The Balaban J connectivity index is 2.16. The number of sulfonamides is 1. The second-order valence-electron chi connectivity index (χ2n) is 5.41. The Hall–Kier alpha value is -1.90. The minimum atomic E-state index is -4.12. The van der Waals surface area contributed by atoms with Crippen LogP contribution in [0.25, 0.3) is 4.96 Å². The SMILES string of the molecule is Cc1ccc(NS(=O)(=O)c2c(C)nc3sc(C)cn3c2=O)c(Cl)c1. The molecule has 1 N–H and O–H groups in total. The summed E-state index contributed by atoms with van der Waals surface area (Å²) in [6, 6.07) is 4.93. The molecule has 24 heavy (non-hydrogen) atoms. The third-order valence-corrected chi connectivity index (χ3v) is 6.12. The van der Waals surface area contributed by atoms with Crippen LogP contribution in [0.4, 0.5) is 5.69 Å².